The number of rotatable bonds is 2. The van der Waals surface area contributed by atoms with Crippen LogP contribution in [-0.2, 0) is 0 Å². The maximum atomic E-state index is 6.07. The van der Waals surface area contributed by atoms with E-state index in [0.717, 1.165) is 23.7 Å². The fraction of sp³-hybridized carbons (Fsp3) is 0.667. The third-order valence-electron chi connectivity index (χ3n) is 4.80. The Hall–Kier alpha value is -1.03. The largest absolute Gasteiger partial charge is 0.368 e. The van der Waals surface area contributed by atoms with Crippen molar-refractivity contribution in [3.8, 4) is 0 Å². The Bertz CT molecular complexity index is 462. The first-order chi connectivity index (χ1) is 8.24. The molecule has 0 aliphatic heterocycles. The Labute approximate surface area is 105 Å². The van der Waals surface area contributed by atoms with Crippen LogP contribution in [0.4, 0.5) is 11.8 Å². The highest BCUT2D eigenvalue weighted by Gasteiger charge is 2.65. The van der Waals surface area contributed by atoms with Gasteiger partial charge in [-0.15, -0.1) is 0 Å². The van der Waals surface area contributed by atoms with E-state index in [2.05, 4.69) is 15.3 Å². The van der Waals surface area contributed by atoms with Crippen molar-refractivity contribution in [3.63, 3.8) is 0 Å². The Kier molecular flexibility index (Phi) is 1.90. The molecule has 0 spiro atoms. The molecule has 3 N–H and O–H groups in total. The molecule has 0 amide bonds. The summed E-state index contributed by atoms with van der Waals surface area (Å²) in [6, 6.07) is 0.577. The highest BCUT2D eigenvalue weighted by Crippen LogP contribution is 2.66. The van der Waals surface area contributed by atoms with E-state index >= 15 is 0 Å². The maximum absolute atomic E-state index is 6.07. The van der Waals surface area contributed by atoms with Crippen molar-refractivity contribution in [2.45, 2.75) is 25.3 Å². The third kappa shape index (κ3) is 1.36. The molecular weight excluding hydrogens is 236 g/mol. The van der Waals surface area contributed by atoms with Crippen molar-refractivity contribution in [2.75, 3.05) is 11.1 Å². The topological polar surface area (TPSA) is 63.8 Å². The number of anilines is 2. The van der Waals surface area contributed by atoms with E-state index in [9.17, 15) is 0 Å². The number of nitrogen functional groups attached to an aromatic ring is 1. The third-order valence-corrected chi connectivity index (χ3v) is 5.08. The van der Waals surface area contributed by atoms with Crippen LogP contribution >= 0.6 is 11.6 Å². The predicted octanol–water partition coefficient (Wildman–Crippen LogP) is 2.17. The average Bonchev–Trinajstić information content (AvgIpc) is 2.72. The molecule has 5 heteroatoms. The zero-order chi connectivity index (χ0) is 11.6. The Morgan fingerprint density at radius 2 is 2.00 bits per heavy atom. The molecule has 4 atom stereocenters. The summed E-state index contributed by atoms with van der Waals surface area (Å²) in [7, 11) is 0. The fourth-order valence-corrected chi connectivity index (χ4v) is 4.30. The summed E-state index contributed by atoms with van der Waals surface area (Å²) >= 11 is 6.07. The smallest absolute Gasteiger partial charge is 0.222 e. The van der Waals surface area contributed by atoms with Crippen molar-refractivity contribution in [1.82, 2.24) is 9.97 Å². The van der Waals surface area contributed by atoms with Crippen LogP contribution in [0, 0.1) is 23.7 Å². The summed E-state index contributed by atoms with van der Waals surface area (Å²) in [5, 5.41) is 4.03. The molecule has 3 aliphatic carbocycles. The van der Waals surface area contributed by atoms with Crippen molar-refractivity contribution < 1.29 is 0 Å². The highest BCUT2D eigenvalue weighted by molar-refractivity contribution is 6.32. The first kappa shape index (κ1) is 9.95. The molecule has 1 heterocycles. The van der Waals surface area contributed by atoms with Gasteiger partial charge in [0.25, 0.3) is 0 Å². The number of nitrogens with one attached hydrogen (secondary N) is 1. The van der Waals surface area contributed by atoms with Crippen molar-refractivity contribution in [2.24, 2.45) is 23.7 Å². The molecule has 3 saturated carbocycles. The molecule has 0 aromatic carbocycles. The predicted molar refractivity (Wildman–Crippen MR) is 66.7 cm³/mol. The Balaban J connectivity index is 1.54. The van der Waals surface area contributed by atoms with Crippen LogP contribution in [0.2, 0.25) is 5.02 Å². The van der Waals surface area contributed by atoms with Crippen LogP contribution in [0.15, 0.2) is 6.20 Å². The molecule has 1 aromatic heterocycles. The van der Waals surface area contributed by atoms with E-state index < -0.39 is 0 Å². The standard InChI is InChI=1S/C12H15ClN4/c13-7-4-15-12(14)17-11(7)16-10-8-5-1-2-6(3-5)9(8)10/h4-6,8-10H,1-3H2,(H3,14,15,16,17). The van der Waals surface area contributed by atoms with Crippen LogP contribution in [0.25, 0.3) is 0 Å². The second-order valence-electron chi connectivity index (χ2n) is 5.58. The lowest BCUT2D eigenvalue weighted by Gasteiger charge is -2.12. The van der Waals surface area contributed by atoms with Gasteiger partial charge in [-0.3, -0.25) is 0 Å². The molecule has 90 valence electrons. The van der Waals surface area contributed by atoms with E-state index in [4.69, 9.17) is 17.3 Å². The van der Waals surface area contributed by atoms with Gasteiger partial charge < -0.3 is 11.1 Å². The minimum atomic E-state index is 0.283. The molecule has 3 aliphatic rings. The van der Waals surface area contributed by atoms with Crippen molar-refractivity contribution in [3.05, 3.63) is 11.2 Å². The molecule has 0 radical (unpaired) electrons. The molecule has 2 bridgehead atoms. The lowest BCUT2D eigenvalue weighted by molar-refractivity contribution is 0.456. The second kappa shape index (κ2) is 3.25. The van der Waals surface area contributed by atoms with Crippen molar-refractivity contribution in [1.29, 1.82) is 0 Å². The summed E-state index contributed by atoms with van der Waals surface area (Å²) in [6.07, 6.45) is 5.86. The van der Waals surface area contributed by atoms with Gasteiger partial charge in [0.05, 0.1) is 6.20 Å². The van der Waals surface area contributed by atoms with Gasteiger partial charge in [0.1, 0.15) is 5.02 Å². The Morgan fingerprint density at radius 1 is 1.29 bits per heavy atom. The zero-order valence-corrected chi connectivity index (χ0v) is 10.2. The molecule has 0 saturated heterocycles. The van der Waals surface area contributed by atoms with Crippen LogP contribution in [0.3, 0.4) is 0 Å². The van der Waals surface area contributed by atoms with E-state index in [-0.39, 0.29) is 5.95 Å². The molecule has 4 unspecified atom stereocenters. The van der Waals surface area contributed by atoms with Gasteiger partial charge in [0.2, 0.25) is 5.95 Å². The summed E-state index contributed by atoms with van der Waals surface area (Å²) < 4.78 is 0. The van der Waals surface area contributed by atoms with Gasteiger partial charge in [-0.2, -0.15) is 4.98 Å². The molecule has 17 heavy (non-hydrogen) atoms. The minimum absolute atomic E-state index is 0.283. The Morgan fingerprint density at radius 3 is 2.71 bits per heavy atom. The van der Waals surface area contributed by atoms with E-state index in [1.54, 1.807) is 6.20 Å². The first-order valence-corrected chi connectivity index (χ1v) is 6.66. The lowest BCUT2D eigenvalue weighted by Crippen LogP contribution is -2.14. The number of halogens is 1. The van der Waals surface area contributed by atoms with Gasteiger partial charge in [-0.1, -0.05) is 11.6 Å². The molecule has 1 aromatic rings. The molecule has 4 nitrogen and oxygen atoms in total. The normalized spacial score (nSPS) is 41.4. The molecule has 4 rings (SSSR count). The average molecular weight is 251 g/mol. The van der Waals surface area contributed by atoms with Gasteiger partial charge in [-0.05, 0) is 42.9 Å². The quantitative estimate of drug-likeness (QED) is 0.844. The highest BCUT2D eigenvalue weighted by atomic mass is 35.5. The van der Waals surface area contributed by atoms with E-state index in [1.807, 2.05) is 0 Å². The van der Waals surface area contributed by atoms with Crippen LogP contribution < -0.4 is 11.1 Å². The maximum Gasteiger partial charge on any atom is 0.222 e. The van der Waals surface area contributed by atoms with E-state index in [0.29, 0.717) is 16.9 Å². The number of fused-ring (bicyclic) bond motifs is 5. The summed E-state index contributed by atoms with van der Waals surface area (Å²) in [4.78, 5) is 8.05. The van der Waals surface area contributed by atoms with E-state index in [1.165, 1.54) is 19.3 Å². The fourth-order valence-electron chi connectivity index (χ4n) is 4.16. The summed E-state index contributed by atoms with van der Waals surface area (Å²) in [5.41, 5.74) is 5.59. The second-order valence-corrected chi connectivity index (χ2v) is 5.99. The number of hydrogen-bond acceptors (Lipinski definition) is 4. The van der Waals surface area contributed by atoms with Gasteiger partial charge >= 0.3 is 0 Å². The molecular formula is C12H15ClN4. The van der Waals surface area contributed by atoms with Crippen LogP contribution in [-0.4, -0.2) is 16.0 Å². The number of hydrogen-bond donors (Lipinski definition) is 2. The van der Waals surface area contributed by atoms with Crippen molar-refractivity contribution >= 4 is 23.4 Å². The monoisotopic (exact) mass is 250 g/mol. The first-order valence-electron chi connectivity index (χ1n) is 6.28. The summed E-state index contributed by atoms with van der Waals surface area (Å²) in [6.45, 7) is 0. The van der Waals surface area contributed by atoms with Crippen LogP contribution in [0.5, 0.6) is 0 Å². The number of nitrogens with two attached hydrogens (primary N) is 1. The minimum Gasteiger partial charge on any atom is -0.368 e. The molecule has 3 fully saturated rings. The van der Waals surface area contributed by atoms with Crippen LogP contribution in [0.1, 0.15) is 19.3 Å². The van der Waals surface area contributed by atoms with Gasteiger partial charge in [0.15, 0.2) is 5.82 Å². The number of aromatic nitrogens is 2. The SMILES string of the molecule is Nc1ncc(Cl)c(NC2C3C4CCC(C4)C23)n1. The van der Waals surface area contributed by atoms with Gasteiger partial charge in [-0.25, -0.2) is 4.98 Å². The number of nitrogens with zero attached hydrogens (tertiary/aromatic N) is 2. The zero-order valence-electron chi connectivity index (χ0n) is 9.44. The van der Waals surface area contributed by atoms with Gasteiger partial charge in [0, 0.05) is 6.04 Å². The summed E-state index contributed by atoms with van der Waals surface area (Å²) in [5.74, 6) is 4.60. The lowest BCUT2D eigenvalue weighted by atomic mass is 10.0.